The van der Waals surface area contributed by atoms with Gasteiger partial charge < -0.3 is 19.3 Å². The van der Waals surface area contributed by atoms with Crippen molar-refractivity contribution in [2.24, 2.45) is 5.41 Å². The van der Waals surface area contributed by atoms with E-state index in [9.17, 15) is 4.79 Å². The van der Waals surface area contributed by atoms with E-state index in [1.807, 2.05) is 24.1 Å². The Kier molecular flexibility index (Phi) is 9.27. The van der Waals surface area contributed by atoms with E-state index >= 15 is 0 Å². The summed E-state index contributed by atoms with van der Waals surface area (Å²) in [6.45, 7) is 5.67. The Bertz CT molecular complexity index is 968. The van der Waals surface area contributed by atoms with Crippen LogP contribution in [0, 0.1) is 5.41 Å². The SMILES string of the molecule is CN(C)CCOc1ccc(CN2CCC3(CCCCc4ccccc4OCC(=O)N(C)C3)CC2)cc1. The first kappa shape index (κ1) is 26.5. The number of benzene rings is 2. The van der Waals surface area contributed by atoms with E-state index in [2.05, 4.69) is 60.3 Å². The van der Waals surface area contributed by atoms with E-state index in [-0.39, 0.29) is 17.9 Å². The van der Waals surface area contributed by atoms with Gasteiger partial charge in [0.25, 0.3) is 5.91 Å². The fourth-order valence-electron chi connectivity index (χ4n) is 5.48. The molecule has 6 heteroatoms. The molecule has 2 aliphatic heterocycles. The Morgan fingerprint density at radius 3 is 2.50 bits per heavy atom. The lowest BCUT2D eigenvalue weighted by atomic mass is 9.73. The van der Waals surface area contributed by atoms with Crippen LogP contribution in [0.3, 0.4) is 0 Å². The number of para-hydroxylation sites is 1. The predicted octanol–water partition coefficient (Wildman–Crippen LogP) is 4.47. The molecule has 6 nitrogen and oxygen atoms in total. The largest absolute Gasteiger partial charge is 0.492 e. The van der Waals surface area contributed by atoms with Crippen molar-refractivity contribution in [3.8, 4) is 11.5 Å². The molecule has 0 saturated carbocycles. The first-order chi connectivity index (χ1) is 17.4. The van der Waals surface area contributed by atoms with E-state index in [0.29, 0.717) is 6.61 Å². The van der Waals surface area contributed by atoms with Crippen LogP contribution in [0.1, 0.15) is 43.2 Å². The molecule has 36 heavy (non-hydrogen) atoms. The Morgan fingerprint density at radius 1 is 1.00 bits per heavy atom. The van der Waals surface area contributed by atoms with Crippen LogP contribution in [0.2, 0.25) is 0 Å². The highest BCUT2D eigenvalue weighted by Gasteiger charge is 2.36. The molecule has 0 N–H and O–H groups in total. The molecule has 0 atom stereocenters. The highest BCUT2D eigenvalue weighted by molar-refractivity contribution is 5.77. The molecule has 196 valence electrons. The number of piperidine rings is 1. The molecule has 2 aromatic rings. The lowest BCUT2D eigenvalue weighted by Crippen LogP contribution is -2.47. The second kappa shape index (κ2) is 12.6. The summed E-state index contributed by atoms with van der Waals surface area (Å²) in [5.74, 6) is 1.86. The highest BCUT2D eigenvalue weighted by atomic mass is 16.5. The van der Waals surface area contributed by atoms with E-state index in [1.54, 1.807) is 0 Å². The number of amides is 1. The summed E-state index contributed by atoms with van der Waals surface area (Å²) in [6.07, 6.45) is 6.80. The van der Waals surface area contributed by atoms with Crippen molar-refractivity contribution < 1.29 is 14.3 Å². The molecule has 2 aromatic carbocycles. The molecule has 0 bridgehead atoms. The zero-order valence-corrected chi connectivity index (χ0v) is 22.4. The fraction of sp³-hybridized carbons (Fsp3) is 0.567. The van der Waals surface area contributed by atoms with E-state index < -0.39 is 0 Å². The minimum Gasteiger partial charge on any atom is -0.492 e. The quantitative estimate of drug-likeness (QED) is 0.594. The van der Waals surface area contributed by atoms with Gasteiger partial charge >= 0.3 is 0 Å². The van der Waals surface area contributed by atoms with Gasteiger partial charge in [-0.25, -0.2) is 0 Å². The number of ether oxygens (including phenoxy) is 2. The van der Waals surface area contributed by atoms with Gasteiger partial charge in [-0.3, -0.25) is 9.69 Å². The summed E-state index contributed by atoms with van der Waals surface area (Å²) in [7, 11) is 6.06. The predicted molar refractivity (Wildman–Crippen MR) is 145 cm³/mol. The number of aryl methyl sites for hydroxylation is 1. The third-order valence-corrected chi connectivity index (χ3v) is 7.78. The number of fused-ring (bicyclic) bond motifs is 1. The number of hydrogen-bond acceptors (Lipinski definition) is 5. The maximum absolute atomic E-state index is 12.9. The monoisotopic (exact) mass is 493 g/mol. The number of likely N-dealkylation sites (tertiary alicyclic amines) is 1. The molecule has 0 unspecified atom stereocenters. The van der Waals surface area contributed by atoms with Crippen LogP contribution >= 0.6 is 0 Å². The van der Waals surface area contributed by atoms with Crippen molar-refractivity contribution in [3.05, 3.63) is 59.7 Å². The number of nitrogens with zero attached hydrogens (tertiary/aromatic N) is 3. The number of rotatable bonds is 6. The summed E-state index contributed by atoms with van der Waals surface area (Å²) in [6, 6.07) is 16.7. The summed E-state index contributed by atoms with van der Waals surface area (Å²) in [5, 5.41) is 0. The second-order valence-corrected chi connectivity index (χ2v) is 10.9. The molecule has 0 aliphatic carbocycles. The van der Waals surface area contributed by atoms with Gasteiger partial charge in [-0.1, -0.05) is 36.8 Å². The lowest BCUT2D eigenvalue weighted by molar-refractivity contribution is -0.134. The molecular formula is C30H43N3O3. The van der Waals surface area contributed by atoms with E-state index in [4.69, 9.17) is 9.47 Å². The molecule has 1 fully saturated rings. The molecular weight excluding hydrogens is 450 g/mol. The van der Waals surface area contributed by atoms with Gasteiger partial charge in [-0.05, 0) is 94.0 Å². The molecule has 1 amide bonds. The van der Waals surface area contributed by atoms with Crippen molar-refractivity contribution in [2.45, 2.75) is 45.1 Å². The zero-order chi connectivity index (χ0) is 25.4. The van der Waals surface area contributed by atoms with Gasteiger partial charge in [0.05, 0.1) is 0 Å². The zero-order valence-electron chi connectivity index (χ0n) is 22.4. The van der Waals surface area contributed by atoms with Crippen LogP contribution in [-0.4, -0.2) is 81.1 Å². The number of hydrogen-bond donors (Lipinski definition) is 0. The average molecular weight is 494 g/mol. The van der Waals surface area contributed by atoms with Crippen molar-refractivity contribution in [3.63, 3.8) is 0 Å². The van der Waals surface area contributed by atoms with E-state index in [0.717, 1.165) is 69.9 Å². The van der Waals surface area contributed by atoms with Gasteiger partial charge in [-0.2, -0.15) is 0 Å². The first-order valence-electron chi connectivity index (χ1n) is 13.5. The Labute approximate surface area is 217 Å². The molecule has 0 aromatic heterocycles. The fourth-order valence-corrected chi connectivity index (χ4v) is 5.48. The van der Waals surface area contributed by atoms with Crippen LogP contribution in [0.15, 0.2) is 48.5 Å². The molecule has 2 heterocycles. The topological polar surface area (TPSA) is 45.3 Å². The molecule has 1 spiro atoms. The third-order valence-electron chi connectivity index (χ3n) is 7.78. The van der Waals surface area contributed by atoms with Crippen molar-refractivity contribution in [2.75, 3.05) is 60.5 Å². The maximum Gasteiger partial charge on any atom is 0.260 e. The summed E-state index contributed by atoms with van der Waals surface area (Å²) < 4.78 is 11.8. The summed E-state index contributed by atoms with van der Waals surface area (Å²) >= 11 is 0. The Morgan fingerprint density at radius 2 is 1.75 bits per heavy atom. The lowest BCUT2D eigenvalue weighted by Gasteiger charge is -2.44. The number of carbonyl (C=O) groups is 1. The van der Waals surface area contributed by atoms with Gasteiger partial charge in [0, 0.05) is 26.7 Å². The smallest absolute Gasteiger partial charge is 0.260 e. The van der Waals surface area contributed by atoms with Crippen LogP contribution in [0.25, 0.3) is 0 Å². The molecule has 4 rings (SSSR count). The second-order valence-electron chi connectivity index (χ2n) is 10.9. The third kappa shape index (κ3) is 7.47. The molecule has 2 aliphatic rings. The van der Waals surface area contributed by atoms with Crippen LogP contribution < -0.4 is 9.47 Å². The summed E-state index contributed by atoms with van der Waals surface area (Å²) in [4.78, 5) is 19.5. The van der Waals surface area contributed by atoms with Crippen molar-refractivity contribution in [1.82, 2.24) is 14.7 Å². The minimum absolute atomic E-state index is 0.0695. The standard InChI is InChI=1S/C30H43N3O3/c1-31(2)20-21-35-27-13-11-25(12-14-27)22-33-18-16-30(17-19-33)15-7-6-9-26-8-4-5-10-28(26)36-23-29(34)32(3)24-30/h4-5,8,10-14H,6-7,9,15-24H2,1-3H3. The van der Waals surface area contributed by atoms with Gasteiger partial charge in [0.1, 0.15) is 18.1 Å². The van der Waals surface area contributed by atoms with Crippen LogP contribution in [0.4, 0.5) is 0 Å². The number of likely N-dealkylation sites (N-methyl/N-ethyl adjacent to an activating group) is 2. The average Bonchev–Trinajstić information content (AvgIpc) is 2.87. The van der Waals surface area contributed by atoms with Crippen molar-refractivity contribution >= 4 is 5.91 Å². The Balaban J connectivity index is 1.32. The first-order valence-corrected chi connectivity index (χ1v) is 13.5. The molecule has 0 radical (unpaired) electrons. The van der Waals surface area contributed by atoms with E-state index in [1.165, 1.54) is 24.0 Å². The Hall–Kier alpha value is -2.57. The van der Waals surface area contributed by atoms with Crippen LogP contribution in [-0.2, 0) is 17.8 Å². The molecule has 1 saturated heterocycles. The normalized spacial score (nSPS) is 19.3. The van der Waals surface area contributed by atoms with Gasteiger partial charge in [0.15, 0.2) is 6.61 Å². The number of carbonyl (C=O) groups excluding carboxylic acids is 1. The minimum atomic E-state index is 0.0695. The van der Waals surface area contributed by atoms with Gasteiger partial charge in [-0.15, -0.1) is 0 Å². The van der Waals surface area contributed by atoms with Crippen LogP contribution in [0.5, 0.6) is 11.5 Å². The highest BCUT2D eigenvalue weighted by Crippen LogP contribution is 2.38. The van der Waals surface area contributed by atoms with Crippen molar-refractivity contribution in [1.29, 1.82) is 0 Å². The maximum atomic E-state index is 12.9. The summed E-state index contributed by atoms with van der Waals surface area (Å²) in [5.41, 5.74) is 2.74. The van der Waals surface area contributed by atoms with Gasteiger partial charge in [0.2, 0.25) is 0 Å².